The van der Waals surface area contributed by atoms with E-state index < -0.39 is 0 Å². The SMILES string of the molecule is O=C(N[C@@H]1C[C@@H]2CC[C@H]1C2)c1c(N2CCOCC2)noc1-c1ccccc1. The number of fused-ring (bicyclic) bond motifs is 2. The molecule has 2 heterocycles. The summed E-state index contributed by atoms with van der Waals surface area (Å²) in [6.07, 6.45) is 4.92. The highest BCUT2D eigenvalue weighted by Crippen LogP contribution is 2.44. The van der Waals surface area contributed by atoms with Crippen molar-refractivity contribution in [1.82, 2.24) is 10.5 Å². The highest BCUT2D eigenvalue weighted by molar-refractivity contribution is 6.04. The Morgan fingerprint density at radius 2 is 1.93 bits per heavy atom. The van der Waals surface area contributed by atoms with E-state index >= 15 is 0 Å². The zero-order valence-corrected chi connectivity index (χ0v) is 15.4. The van der Waals surface area contributed by atoms with E-state index in [0.29, 0.717) is 36.3 Å². The van der Waals surface area contributed by atoms with Crippen molar-refractivity contribution in [3.63, 3.8) is 0 Å². The predicted octanol–water partition coefficient (Wildman–Crippen LogP) is 3.10. The number of rotatable bonds is 4. The van der Waals surface area contributed by atoms with Gasteiger partial charge in [-0.05, 0) is 31.1 Å². The number of carbonyl (C=O) groups is 1. The minimum absolute atomic E-state index is 0.0610. The standard InChI is InChI=1S/C21H25N3O3/c25-21(22-17-13-14-6-7-16(17)12-14)18-19(15-4-2-1-3-5-15)27-23-20(18)24-8-10-26-11-9-24/h1-5,14,16-17H,6-13H2,(H,22,25)/t14-,16+,17-/m1/s1. The molecule has 0 spiro atoms. The smallest absolute Gasteiger partial charge is 0.259 e. The lowest BCUT2D eigenvalue weighted by Gasteiger charge is -2.27. The Kier molecular flexibility index (Phi) is 4.36. The Morgan fingerprint density at radius 3 is 2.63 bits per heavy atom. The van der Waals surface area contributed by atoms with Crippen LogP contribution in [0.4, 0.5) is 5.82 Å². The third kappa shape index (κ3) is 3.12. The quantitative estimate of drug-likeness (QED) is 0.899. The van der Waals surface area contributed by atoms with Gasteiger partial charge in [-0.25, -0.2) is 0 Å². The van der Waals surface area contributed by atoms with Crippen LogP contribution < -0.4 is 10.2 Å². The van der Waals surface area contributed by atoms with Crippen LogP contribution in [0.25, 0.3) is 11.3 Å². The zero-order valence-electron chi connectivity index (χ0n) is 15.4. The first-order valence-electron chi connectivity index (χ1n) is 9.98. The molecule has 2 aliphatic carbocycles. The molecule has 2 bridgehead atoms. The summed E-state index contributed by atoms with van der Waals surface area (Å²) in [5.74, 6) is 2.55. The van der Waals surface area contributed by atoms with E-state index in [0.717, 1.165) is 31.0 Å². The Labute approximate surface area is 158 Å². The summed E-state index contributed by atoms with van der Waals surface area (Å²) in [5, 5.41) is 7.60. The molecule has 5 rings (SSSR count). The van der Waals surface area contributed by atoms with Gasteiger partial charge in [0, 0.05) is 24.7 Å². The molecular weight excluding hydrogens is 342 g/mol. The highest BCUT2D eigenvalue weighted by atomic mass is 16.5. The molecule has 2 saturated carbocycles. The first-order valence-corrected chi connectivity index (χ1v) is 9.98. The van der Waals surface area contributed by atoms with Crippen molar-refractivity contribution in [1.29, 1.82) is 0 Å². The molecular formula is C21H25N3O3. The largest absolute Gasteiger partial charge is 0.378 e. The summed E-state index contributed by atoms with van der Waals surface area (Å²) < 4.78 is 11.1. The van der Waals surface area contributed by atoms with Crippen LogP contribution in [0.1, 0.15) is 36.0 Å². The maximum absolute atomic E-state index is 13.3. The number of nitrogens with zero attached hydrogens (tertiary/aromatic N) is 2. The number of ether oxygens (including phenoxy) is 1. The lowest BCUT2D eigenvalue weighted by atomic mass is 9.95. The molecule has 142 valence electrons. The molecule has 2 aromatic rings. The molecule has 1 aliphatic heterocycles. The minimum atomic E-state index is -0.0610. The molecule has 1 amide bonds. The van der Waals surface area contributed by atoms with Gasteiger partial charge in [-0.3, -0.25) is 4.79 Å². The van der Waals surface area contributed by atoms with Crippen LogP contribution in [0.2, 0.25) is 0 Å². The van der Waals surface area contributed by atoms with Gasteiger partial charge in [-0.2, -0.15) is 0 Å². The van der Waals surface area contributed by atoms with Gasteiger partial charge in [0.25, 0.3) is 5.91 Å². The van der Waals surface area contributed by atoms with Crippen molar-refractivity contribution in [3.05, 3.63) is 35.9 Å². The number of morpholine rings is 1. The first kappa shape index (κ1) is 16.8. The van der Waals surface area contributed by atoms with Crippen LogP contribution in [0.5, 0.6) is 0 Å². The highest BCUT2D eigenvalue weighted by Gasteiger charge is 2.41. The maximum atomic E-state index is 13.3. The number of aromatic nitrogens is 1. The van der Waals surface area contributed by atoms with Crippen LogP contribution in [0, 0.1) is 11.8 Å². The number of amides is 1. The number of benzene rings is 1. The minimum Gasteiger partial charge on any atom is -0.378 e. The monoisotopic (exact) mass is 367 g/mol. The van der Waals surface area contributed by atoms with E-state index in [4.69, 9.17) is 9.26 Å². The van der Waals surface area contributed by atoms with E-state index in [2.05, 4.69) is 15.4 Å². The van der Waals surface area contributed by atoms with Gasteiger partial charge in [0.2, 0.25) is 0 Å². The molecule has 1 N–H and O–H groups in total. The van der Waals surface area contributed by atoms with Gasteiger partial charge in [0.05, 0.1) is 13.2 Å². The Bertz CT molecular complexity index is 813. The zero-order chi connectivity index (χ0) is 18.2. The molecule has 0 unspecified atom stereocenters. The van der Waals surface area contributed by atoms with E-state index in [9.17, 15) is 4.79 Å². The molecule has 1 aromatic carbocycles. The van der Waals surface area contributed by atoms with E-state index in [-0.39, 0.29) is 11.9 Å². The second-order valence-corrected chi connectivity index (χ2v) is 7.93. The van der Waals surface area contributed by atoms with Crippen molar-refractivity contribution < 1.29 is 14.1 Å². The predicted molar refractivity (Wildman–Crippen MR) is 102 cm³/mol. The number of anilines is 1. The van der Waals surface area contributed by atoms with E-state index in [1.165, 1.54) is 19.3 Å². The summed E-state index contributed by atoms with van der Waals surface area (Å²) in [6.45, 7) is 2.71. The number of nitrogens with one attached hydrogen (secondary N) is 1. The van der Waals surface area contributed by atoms with Gasteiger partial charge in [0.15, 0.2) is 11.6 Å². The van der Waals surface area contributed by atoms with Crippen molar-refractivity contribution in [2.24, 2.45) is 11.8 Å². The molecule has 27 heavy (non-hydrogen) atoms. The summed E-state index contributed by atoms with van der Waals surface area (Å²) >= 11 is 0. The summed E-state index contributed by atoms with van der Waals surface area (Å²) in [4.78, 5) is 15.4. The molecule has 1 aromatic heterocycles. The van der Waals surface area contributed by atoms with Crippen molar-refractivity contribution in [2.75, 3.05) is 31.2 Å². The van der Waals surface area contributed by atoms with Crippen molar-refractivity contribution in [3.8, 4) is 11.3 Å². The fourth-order valence-corrected chi connectivity index (χ4v) is 4.93. The lowest BCUT2D eigenvalue weighted by molar-refractivity contribution is 0.0922. The van der Waals surface area contributed by atoms with Crippen molar-refractivity contribution in [2.45, 2.75) is 31.7 Å². The fraction of sp³-hybridized carbons (Fsp3) is 0.524. The molecule has 3 atom stereocenters. The second kappa shape index (κ2) is 7.00. The number of hydrogen-bond acceptors (Lipinski definition) is 5. The van der Waals surface area contributed by atoms with Crippen LogP contribution in [0.15, 0.2) is 34.9 Å². The third-order valence-electron chi connectivity index (χ3n) is 6.30. The molecule has 1 saturated heterocycles. The number of hydrogen-bond donors (Lipinski definition) is 1. The Morgan fingerprint density at radius 1 is 1.11 bits per heavy atom. The normalized spacial score (nSPS) is 27.1. The molecule has 3 aliphatic rings. The third-order valence-corrected chi connectivity index (χ3v) is 6.30. The summed E-state index contributed by atoms with van der Waals surface area (Å²) in [7, 11) is 0. The van der Waals surface area contributed by atoms with Crippen LogP contribution in [0.3, 0.4) is 0 Å². The molecule has 3 fully saturated rings. The van der Waals surface area contributed by atoms with Gasteiger partial charge >= 0.3 is 0 Å². The van der Waals surface area contributed by atoms with Gasteiger partial charge in [-0.1, -0.05) is 41.9 Å². The second-order valence-electron chi connectivity index (χ2n) is 7.93. The van der Waals surface area contributed by atoms with Crippen LogP contribution in [-0.2, 0) is 4.74 Å². The lowest BCUT2D eigenvalue weighted by Crippen LogP contribution is -2.41. The average molecular weight is 367 g/mol. The van der Waals surface area contributed by atoms with E-state index in [1.54, 1.807) is 0 Å². The Hall–Kier alpha value is -2.34. The van der Waals surface area contributed by atoms with Gasteiger partial charge in [-0.15, -0.1) is 0 Å². The van der Waals surface area contributed by atoms with Gasteiger partial charge < -0.3 is 19.5 Å². The summed E-state index contributed by atoms with van der Waals surface area (Å²) in [6, 6.07) is 10.0. The molecule has 6 nitrogen and oxygen atoms in total. The first-order chi connectivity index (χ1) is 13.3. The molecule has 0 radical (unpaired) electrons. The molecule has 6 heteroatoms. The van der Waals surface area contributed by atoms with Crippen LogP contribution >= 0.6 is 0 Å². The Balaban J connectivity index is 1.47. The van der Waals surface area contributed by atoms with Crippen molar-refractivity contribution >= 4 is 11.7 Å². The van der Waals surface area contributed by atoms with Crippen LogP contribution in [-0.4, -0.2) is 43.4 Å². The fourth-order valence-electron chi connectivity index (χ4n) is 4.93. The topological polar surface area (TPSA) is 67.6 Å². The van der Waals surface area contributed by atoms with E-state index in [1.807, 2.05) is 30.3 Å². The maximum Gasteiger partial charge on any atom is 0.259 e. The number of carbonyl (C=O) groups excluding carboxylic acids is 1. The van der Waals surface area contributed by atoms with Gasteiger partial charge in [0.1, 0.15) is 5.56 Å². The average Bonchev–Trinajstić information content (AvgIpc) is 3.44. The summed E-state index contributed by atoms with van der Waals surface area (Å²) in [5.41, 5.74) is 1.44.